The van der Waals surface area contributed by atoms with Crippen LogP contribution in [0.1, 0.15) is 264 Å². The smallest absolute Gasteiger partial charge is 0.220 e. The van der Waals surface area contributed by atoms with E-state index in [4.69, 9.17) is 28.4 Å². The van der Waals surface area contributed by atoms with Crippen LogP contribution in [0.2, 0.25) is 0 Å². The minimum Gasteiger partial charge on any atom is -0.394 e. The number of aliphatic hydroxyl groups is 11. The molecule has 3 rings (SSSR count). The van der Waals surface area contributed by atoms with E-state index in [1.54, 1.807) is 6.08 Å². The molecule has 0 aromatic rings. The zero-order valence-electron chi connectivity index (χ0n) is 59.1. The Morgan fingerprint density at radius 1 is 0.385 bits per heavy atom. The van der Waals surface area contributed by atoms with Crippen molar-refractivity contribution in [1.82, 2.24) is 5.32 Å². The van der Waals surface area contributed by atoms with Gasteiger partial charge in [0.2, 0.25) is 5.91 Å². The fraction of sp³-hybridized carbons (Fsp3) is 0.805. The van der Waals surface area contributed by atoms with Gasteiger partial charge < -0.3 is 89.9 Å². The second-order valence-electron chi connectivity index (χ2n) is 26.7. The lowest BCUT2D eigenvalue weighted by atomic mass is 9.96. The molecule has 0 saturated carbocycles. The lowest BCUT2D eigenvalue weighted by Gasteiger charge is -2.48. The van der Waals surface area contributed by atoms with Crippen LogP contribution in [0.15, 0.2) is 85.1 Å². The molecule has 17 unspecified atom stereocenters. The van der Waals surface area contributed by atoms with Crippen LogP contribution in [0.4, 0.5) is 0 Å². The summed E-state index contributed by atoms with van der Waals surface area (Å²) in [5, 5.41) is 121. The zero-order valence-corrected chi connectivity index (χ0v) is 59.1. The number of ether oxygens (including phenoxy) is 6. The van der Waals surface area contributed by atoms with Gasteiger partial charge in [-0.15, -0.1) is 0 Å². The summed E-state index contributed by atoms with van der Waals surface area (Å²) in [6, 6.07) is -0.998. The highest BCUT2D eigenvalue weighted by molar-refractivity contribution is 5.76. The molecule has 0 aromatic heterocycles. The van der Waals surface area contributed by atoms with Gasteiger partial charge in [0, 0.05) is 6.42 Å². The van der Waals surface area contributed by atoms with Gasteiger partial charge in [-0.3, -0.25) is 4.79 Å². The quantitative estimate of drug-likeness (QED) is 0.0199. The second kappa shape index (κ2) is 57.6. The maximum atomic E-state index is 13.4. The molecule has 17 atom stereocenters. The van der Waals surface area contributed by atoms with Crippen LogP contribution in [0.5, 0.6) is 0 Å². The monoisotopic (exact) mass is 1360 g/mol. The molecule has 3 aliphatic heterocycles. The van der Waals surface area contributed by atoms with Crippen LogP contribution in [0.25, 0.3) is 0 Å². The van der Waals surface area contributed by atoms with Gasteiger partial charge in [0.05, 0.1) is 38.6 Å². The molecular formula is C77H135NO18. The Bertz CT molecular complexity index is 2070. The largest absolute Gasteiger partial charge is 0.394 e. The molecule has 3 aliphatic rings. The Balaban J connectivity index is 1.42. The van der Waals surface area contributed by atoms with Crippen molar-refractivity contribution in [2.24, 2.45) is 0 Å². The highest BCUT2D eigenvalue weighted by atomic mass is 16.8. The van der Waals surface area contributed by atoms with E-state index in [1.165, 1.54) is 148 Å². The number of unbranched alkanes of at least 4 members (excludes halogenated alkanes) is 30. The molecular weight excluding hydrogens is 1230 g/mol. The SMILES string of the molecule is CC/C=C\C/C=C\C/C=C\C/C=C\C/C=C\CCCCCCCCCCCCCC(=O)NC(COC1OC(CO)C(OC2OC(CO)C(OC3OC(CO)C(O)C(O)C3O)C(O)C2O)C(O)C1O)C(O)/C=C/CC/C=C/CCCCCCCCCCCCCCCCCCCC. The predicted molar refractivity (Wildman–Crippen MR) is 378 cm³/mol. The molecule has 3 saturated heterocycles. The van der Waals surface area contributed by atoms with Crippen molar-refractivity contribution < 1.29 is 89.4 Å². The summed E-state index contributed by atoms with van der Waals surface area (Å²) < 4.78 is 34.4. The summed E-state index contributed by atoms with van der Waals surface area (Å²) in [5.74, 6) is -0.290. The van der Waals surface area contributed by atoms with Gasteiger partial charge in [0.25, 0.3) is 0 Å². The Kier molecular flexibility index (Phi) is 52.3. The molecule has 19 nitrogen and oxygen atoms in total. The first kappa shape index (κ1) is 87.2. The van der Waals surface area contributed by atoms with Crippen molar-refractivity contribution >= 4 is 5.91 Å². The van der Waals surface area contributed by atoms with Gasteiger partial charge >= 0.3 is 0 Å². The maximum absolute atomic E-state index is 13.4. The average Bonchev–Trinajstić information content (AvgIpc) is 1.09. The van der Waals surface area contributed by atoms with E-state index in [0.717, 1.165) is 83.5 Å². The maximum Gasteiger partial charge on any atom is 0.220 e. The van der Waals surface area contributed by atoms with E-state index in [9.17, 15) is 61.0 Å². The first-order valence-electron chi connectivity index (χ1n) is 37.8. The Morgan fingerprint density at radius 2 is 0.729 bits per heavy atom. The summed E-state index contributed by atoms with van der Waals surface area (Å²) in [6.45, 7) is 1.62. The van der Waals surface area contributed by atoms with Crippen LogP contribution >= 0.6 is 0 Å². The number of carbonyl (C=O) groups is 1. The third-order valence-electron chi connectivity index (χ3n) is 18.4. The van der Waals surface area contributed by atoms with Crippen molar-refractivity contribution in [3.63, 3.8) is 0 Å². The zero-order chi connectivity index (χ0) is 69.6. The Labute approximate surface area is 578 Å². The molecule has 3 heterocycles. The lowest BCUT2D eigenvalue weighted by Crippen LogP contribution is -2.66. The molecule has 12 N–H and O–H groups in total. The van der Waals surface area contributed by atoms with Crippen LogP contribution in [0, 0.1) is 0 Å². The molecule has 0 spiro atoms. The number of rotatable bonds is 58. The molecule has 0 radical (unpaired) electrons. The van der Waals surface area contributed by atoms with Crippen molar-refractivity contribution in [3.05, 3.63) is 85.1 Å². The van der Waals surface area contributed by atoms with Crippen molar-refractivity contribution in [3.8, 4) is 0 Å². The summed E-state index contributed by atoms with van der Waals surface area (Å²) in [4.78, 5) is 13.4. The van der Waals surface area contributed by atoms with Gasteiger partial charge in [0.15, 0.2) is 18.9 Å². The highest BCUT2D eigenvalue weighted by Gasteiger charge is 2.53. The summed E-state index contributed by atoms with van der Waals surface area (Å²) in [7, 11) is 0. The topological polar surface area (TPSA) is 307 Å². The molecule has 556 valence electrons. The van der Waals surface area contributed by atoms with Gasteiger partial charge in [-0.2, -0.15) is 0 Å². The van der Waals surface area contributed by atoms with E-state index in [2.05, 4.69) is 92.1 Å². The van der Waals surface area contributed by atoms with Crippen LogP contribution in [-0.4, -0.2) is 193 Å². The van der Waals surface area contributed by atoms with Gasteiger partial charge in [-0.25, -0.2) is 0 Å². The summed E-state index contributed by atoms with van der Waals surface area (Å²) in [6.07, 6.45) is 48.4. The number of amides is 1. The number of nitrogens with one attached hydrogen (secondary N) is 1. The molecule has 0 aromatic carbocycles. The molecule has 96 heavy (non-hydrogen) atoms. The van der Waals surface area contributed by atoms with E-state index >= 15 is 0 Å². The lowest BCUT2D eigenvalue weighted by molar-refractivity contribution is -0.379. The van der Waals surface area contributed by atoms with Crippen molar-refractivity contribution in [2.75, 3.05) is 26.4 Å². The number of carbonyl (C=O) groups excluding carboxylic acids is 1. The molecule has 1 amide bonds. The second-order valence-corrected chi connectivity index (χ2v) is 26.7. The standard InChI is InChI=1S/C77H135NO18/c1-3-5-7-9-11-13-15-17-19-21-23-25-27-29-30-31-33-35-37-39-41-43-45-47-49-51-53-55-65(83)78-60(61(82)54-52-50-48-46-44-42-40-38-36-34-32-28-26-24-22-20-18-16-14-12-10-8-6-4-2)59-91-75-71(89)68(86)73(63(57-80)93-75)96-77-72(90)69(87)74(64(58-81)94-77)95-76-70(88)67(85)66(84)62(56-79)92-76/h5,7,11,13,17,19,23,25,29-30,44,46,52,54,60-64,66-77,79-82,84-90H,3-4,6,8-10,12,14-16,18,20-22,24,26-28,31-43,45,47-51,53,55-59H2,1-2H3,(H,78,83)/b7-5-,13-11-,19-17-,25-23-,30-29-,46-44+,54-52+. The minimum absolute atomic E-state index is 0.227. The van der Waals surface area contributed by atoms with Gasteiger partial charge in [-0.1, -0.05) is 266 Å². The summed E-state index contributed by atoms with van der Waals surface area (Å²) in [5.41, 5.74) is 0. The van der Waals surface area contributed by atoms with Gasteiger partial charge in [0.1, 0.15) is 73.2 Å². The highest BCUT2D eigenvalue weighted by Crippen LogP contribution is 2.33. The van der Waals surface area contributed by atoms with E-state index in [-0.39, 0.29) is 18.9 Å². The van der Waals surface area contributed by atoms with Crippen LogP contribution in [-0.2, 0) is 33.2 Å². The molecule has 3 fully saturated rings. The van der Waals surface area contributed by atoms with E-state index in [1.807, 2.05) is 6.08 Å². The first-order valence-corrected chi connectivity index (χ1v) is 37.8. The third-order valence-corrected chi connectivity index (χ3v) is 18.4. The van der Waals surface area contributed by atoms with E-state index in [0.29, 0.717) is 12.8 Å². The minimum atomic E-state index is -1.99. The molecule has 0 bridgehead atoms. The van der Waals surface area contributed by atoms with Gasteiger partial charge in [-0.05, 0) is 77.0 Å². The van der Waals surface area contributed by atoms with Crippen molar-refractivity contribution in [1.29, 1.82) is 0 Å². The number of allylic oxidation sites excluding steroid dienone is 13. The number of hydrogen-bond acceptors (Lipinski definition) is 18. The van der Waals surface area contributed by atoms with E-state index < -0.39 is 124 Å². The fourth-order valence-corrected chi connectivity index (χ4v) is 12.4. The number of hydrogen-bond donors (Lipinski definition) is 12. The first-order chi connectivity index (χ1) is 46.8. The summed E-state index contributed by atoms with van der Waals surface area (Å²) >= 11 is 0. The molecule has 0 aliphatic carbocycles. The Hall–Kier alpha value is -3.03. The third kappa shape index (κ3) is 38.1. The molecule has 19 heteroatoms. The van der Waals surface area contributed by atoms with Crippen LogP contribution in [0.3, 0.4) is 0 Å². The Morgan fingerprint density at radius 3 is 1.17 bits per heavy atom. The van der Waals surface area contributed by atoms with Crippen molar-refractivity contribution in [2.45, 2.75) is 369 Å². The average molecular weight is 1360 g/mol. The predicted octanol–water partition coefficient (Wildman–Crippen LogP) is 11.4. The normalized spacial score (nSPS) is 27.5. The fourth-order valence-electron chi connectivity index (χ4n) is 12.4. The number of aliphatic hydroxyl groups excluding tert-OH is 11. The van der Waals surface area contributed by atoms with Crippen LogP contribution < -0.4 is 5.32 Å².